The third-order valence-corrected chi connectivity index (χ3v) is 4.96. The Morgan fingerprint density at radius 3 is 2.47 bits per heavy atom. The summed E-state index contributed by atoms with van der Waals surface area (Å²) < 4.78 is 11.1. The molecule has 1 aromatic heterocycles. The van der Waals surface area contributed by atoms with Gasteiger partial charge in [0, 0.05) is 30.3 Å². The Balaban J connectivity index is 1.96. The Hall–Kier alpha value is -4.21. The molecule has 0 saturated carbocycles. The molecule has 3 rings (SSSR count). The van der Waals surface area contributed by atoms with Crippen molar-refractivity contribution in [1.82, 2.24) is 14.9 Å². The molecule has 0 atom stereocenters. The molecule has 2 aromatic carbocycles. The van der Waals surface area contributed by atoms with Gasteiger partial charge < -0.3 is 25.1 Å². The van der Waals surface area contributed by atoms with Gasteiger partial charge in [-0.25, -0.2) is 9.78 Å². The molecule has 32 heavy (non-hydrogen) atoms. The van der Waals surface area contributed by atoms with E-state index in [-0.39, 0.29) is 30.3 Å². The van der Waals surface area contributed by atoms with E-state index < -0.39 is 11.9 Å². The summed E-state index contributed by atoms with van der Waals surface area (Å²) in [6.07, 6.45) is 0.0770. The third-order valence-electron chi connectivity index (χ3n) is 4.96. The number of amidine groups is 1. The topological polar surface area (TPSA) is 149 Å². The van der Waals surface area contributed by atoms with Gasteiger partial charge in [-0.1, -0.05) is 0 Å². The molecular weight excluding hydrogens is 414 g/mol. The third kappa shape index (κ3) is 4.43. The first kappa shape index (κ1) is 22.5. The smallest absolute Gasteiger partial charge is 0.337 e. The summed E-state index contributed by atoms with van der Waals surface area (Å²) in [5.41, 5.74) is 8.64. The van der Waals surface area contributed by atoms with Crippen LogP contribution in [0.3, 0.4) is 0 Å². The van der Waals surface area contributed by atoms with Gasteiger partial charge in [0.2, 0.25) is 0 Å². The standard InChI is InChI=1S/C22H23N5O5/c1-27-17-7-5-12(21(29)25-9-8-18(28)31-2)11-16(17)26-20(27)14-6-4-13(22(30)32-3)10-15(14)19(23)24/h4-7,10-11H,8-9H2,1-3H3,(H3,23,24)(H,25,29). The number of nitrogens with two attached hydrogens (primary N) is 1. The zero-order valence-corrected chi connectivity index (χ0v) is 17.9. The first-order valence-electron chi connectivity index (χ1n) is 9.65. The maximum atomic E-state index is 12.4. The number of esters is 2. The second-order valence-corrected chi connectivity index (χ2v) is 6.95. The van der Waals surface area contributed by atoms with Crippen molar-refractivity contribution < 1.29 is 23.9 Å². The molecule has 0 fully saturated rings. The Morgan fingerprint density at radius 1 is 1.09 bits per heavy atom. The number of nitrogens with one attached hydrogen (secondary N) is 2. The summed E-state index contributed by atoms with van der Waals surface area (Å²) in [4.78, 5) is 40.1. The first-order valence-corrected chi connectivity index (χ1v) is 9.65. The number of carbonyl (C=O) groups excluding carboxylic acids is 3. The number of aryl methyl sites for hydroxylation is 1. The van der Waals surface area contributed by atoms with Crippen molar-refractivity contribution in [1.29, 1.82) is 5.41 Å². The maximum Gasteiger partial charge on any atom is 0.337 e. The van der Waals surface area contributed by atoms with Crippen LogP contribution in [-0.2, 0) is 21.3 Å². The summed E-state index contributed by atoms with van der Waals surface area (Å²) in [5, 5.41) is 10.6. The lowest BCUT2D eigenvalue weighted by Crippen LogP contribution is -2.26. The molecule has 166 valence electrons. The molecule has 0 aliphatic rings. The zero-order chi connectivity index (χ0) is 23.4. The number of ether oxygens (including phenoxy) is 2. The number of methoxy groups -OCH3 is 2. The molecule has 10 heteroatoms. The molecule has 0 radical (unpaired) electrons. The fraction of sp³-hybridized carbons (Fsp3) is 0.227. The normalized spacial score (nSPS) is 10.6. The van der Waals surface area contributed by atoms with Crippen molar-refractivity contribution >= 4 is 34.7 Å². The largest absolute Gasteiger partial charge is 0.469 e. The molecule has 0 saturated heterocycles. The van der Waals surface area contributed by atoms with Crippen molar-refractivity contribution in [3.63, 3.8) is 0 Å². The molecule has 1 amide bonds. The van der Waals surface area contributed by atoms with E-state index in [2.05, 4.69) is 15.0 Å². The van der Waals surface area contributed by atoms with Crippen LogP contribution in [0.2, 0.25) is 0 Å². The lowest BCUT2D eigenvalue weighted by molar-refractivity contribution is -0.140. The van der Waals surface area contributed by atoms with E-state index >= 15 is 0 Å². The van der Waals surface area contributed by atoms with Gasteiger partial charge in [0.1, 0.15) is 11.7 Å². The number of carbonyl (C=O) groups is 3. The number of rotatable bonds is 7. The van der Waals surface area contributed by atoms with E-state index in [1.165, 1.54) is 20.3 Å². The number of amides is 1. The monoisotopic (exact) mass is 437 g/mol. The molecule has 4 N–H and O–H groups in total. The lowest BCUT2D eigenvalue weighted by atomic mass is 10.0. The highest BCUT2D eigenvalue weighted by Gasteiger charge is 2.18. The predicted molar refractivity (Wildman–Crippen MR) is 117 cm³/mol. The van der Waals surface area contributed by atoms with Crippen LogP contribution in [0.5, 0.6) is 0 Å². The van der Waals surface area contributed by atoms with Crippen LogP contribution in [0, 0.1) is 5.41 Å². The zero-order valence-electron chi connectivity index (χ0n) is 17.9. The van der Waals surface area contributed by atoms with Crippen LogP contribution in [0.4, 0.5) is 0 Å². The molecule has 10 nitrogen and oxygen atoms in total. The van der Waals surface area contributed by atoms with Crippen LogP contribution in [0.25, 0.3) is 22.4 Å². The maximum absolute atomic E-state index is 12.4. The van der Waals surface area contributed by atoms with E-state index in [9.17, 15) is 14.4 Å². The van der Waals surface area contributed by atoms with Gasteiger partial charge in [0.25, 0.3) is 5.91 Å². The minimum Gasteiger partial charge on any atom is -0.469 e. The summed E-state index contributed by atoms with van der Waals surface area (Å²) in [5.74, 6) is -0.982. The van der Waals surface area contributed by atoms with Crippen molar-refractivity contribution in [2.24, 2.45) is 12.8 Å². The second kappa shape index (κ2) is 9.29. The van der Waals surface area contributed by atoms with E-state index in [0.29, 0.717) is 28.0 Å². The van der Waals surface area contributed by atoms with Crippen molar-refractivity contribution in [3.8, 4) is 11.4 Å². The Bertz CT molecular complexity index is 1230. The van der Waals surface area contributed by atoms with Gasteiger partial charge in [-0.05, 0) is 36.4 Å². The number of benzene rings is 2. The summed E-state index contributed by atoms with van der Waals surface area (Å²) in [6, 6.07) is 9.79. The number of aromatic nitrogens is 2. The highest BCUT2D eigenvalue weighted by Crippen LogP contribution is 2.28. The Kier molecular flexibility index (Phi) is 6.53. The lowest BCUT2D eigenvalue weighted by Gasteiger charge is -2.10. The van der Waals surface area contributed by atoms with Crippen LogP contribution in [-0.4, -0.2) is 54.0 Å². The van der Waals surface area contributed by atoms with Crippen molar-refractivity contribution in [2.45, 2.75) is 6.42 Å². The second-order valence-electron chi connectivity index (χ2n) is 6.95. The number of nitrogen functional groups attached to an aromatic ring is 1. The van der Waals surface area contributed by atoms with Gasteiger partial charge in [-0.15, -0.1) is 0 Å². The summed E-state index contributed by atoms with van der Waals surface area (Å²) in [7, 11) is 4.37. The summed E-state index contributed by atoms with van der Waals surface area (Å²) in [6.45, 7) is 0.158. The minimum absolute atomic E-state index is 0.0770. The first-order chi connectivity index (χ1) is 15.3. The minimum atomic E-state index is -0.535. The van der Waals surface area contributed by atoms with Gasteiger partial charge in [-0.3, -0.25) is 15.0 Å². The van der Waals surface area contributed by atoms with E-state index in [1.54, 1.807) is 37.4 Å². The van der Waals surface area contributed by atoms with E-state index in [1.807, 2.05) is 4.57 Å². The number of nitrogens with zero attached hydrogens (tertiary/aromatic N) is 2. The van der Waals surface area contributed by atoms with Gasteiger partial charge >= 0.3 is 11.9 Å². The highest BCUT2D eigenvalue weighted by molar-refractivity contribution is 6.04. The number of fused-ring (bicyclic) bond motifs is 1. The molecule has 1 heterocycles. The van der Waals surface area contributed by atoms with Crippen LogP contribution < -0.4 is 11.1 Å². The fourth-order valence-corrected chi connectivity index (χ4v) is 3.27. The van der Waals surface area contributed by atoms with Crippen LogP contribution >= 0.6 is 0 Å². The Morgan fingerprint density at radius 2 is 1.81 bits per heavy atom. The number of hydrogen-bond donors (Lipinski definition) is 3. The van der Waals surface area contributed by atoms with Gasteiger partial charge in [-0.2, -0.15) is 0 Å². The molecule has 0 bridgehead atoms. The van der Waals surface area contributed by atoms with Crippen molar-refractivity contribution in [2.75, 3.05) is 20.8 Å². The summed E-state index contributed by atoms with van der Waals surface area (Å²) >= 11 is 0. The fourth-order valence-electron chi connectivity index (χ4n) is 3.27. The van der Waals surface area contributed by atoms with Crippen molar-refractivity contribution in [3.05, 3.63) is 53.1 Å². The average molecular weight is 437 g/mol. The SMILES string of the molecule is COC(=O)CCNC(=O)c1ccc2c(c1)nc(-c1ccc(C(=O)OC)cc1C(=N)N)n2C. The van der Waals surface area contributed by atoms with E-state index in [0.717, 1.165) is 5.52 Å². The van der Waals surface area contributed by atoms with Crippen LogP contribution in [0.1, 0.15) is 32.7 Å². The predicted octanol–water partition coefficient (Wildman–Crippen LogP) is 1.60. The number of hydrogen-bond acceptors (Lipinski definition) is 7. The average Bonchev–Trinajstić information content (AvgIpc) is 3.13. The highest BCUT2D eigenvalue weighted by atomic mass is 16.5. The van der Waals surface area contributed by atoms with Gasteiger partial charge in [0.05, 0.1) is 37.2 Å². The van der Waals surface area contributed by atoms with E-state index in [4.69, 9.17) is 15.9 Å². The molecule has 0 aliphatic carbocycles. The molecular formula is C22H23N5O5. The van der Waals surface area contributed by atoms with Gasteiger partial charge in [0.15, 0.2) is 0 Å². The molecule has 0 unspecified atom stereocenters. The molecule has 3 aromatic rings. The van der Waals surface area contributed by atoms with Crippen LogP contribution in [0.15, 0.2) is 36.4 Å². The molecule has 0 spiro atoms. The Labute approximate surface area is 183 Å². The quantitative estimate of drug-likeness (QED) is 0.289. The molecule has 0 aliphatic heterocycles. The number of imidazole rings is 1.